The predicted molar refractivity (Wildman–Crippen MR) is 168 cm³/mol. The van der Waals surface area contributed by atoms with Crippen LogP contribution in [0.25, 0.3) is 5.82 Å². The third-order valence-electron chi connectivity index (χ3n) is 7.00. The number of ether oxygens (including phenoxy) is 1. The zero-order chi connectivity index (χ0) is 29.9. The van der Waals surface area contributed by atoms with Crippen molar-refractivity contribution in [3.8, 4) is 5.82 Å². The minimum atomic E-state index is -0.208. The summed E-state index contributed by atoms with van der Waals surface area (Å²) in [6, 6.07) is 9.44. The van der Waals surface area contributed by atoms with E-state index in [1.165, 1.54) is 17.7 Å². The predicted octanol–water partition coefficient (Wildman–Crippen LogP) is 5.08. The van der Waals surface area contributed by atoms with Crippen LogP contribution in [0.5, 0.6) is 0 Å². The monoisotopic (exact) mass is 589 g/mol. The Balaban J connectivity index is 1.30. The second kappa shape index (κ2) is 12.6. The molecule has 0 atom stereocenters. The molecule has 4 heterocycles. The first-order valence-corrected chi connectivity index (χ1v) is 15.0. The number of morpholine rings is 1. The summed E-state index contributed by atoms with van der Waals surface area (Å²) in [5.74, 6) is 1.89. The molecule has 0 saturated carbocycles. The van der Waals surface area contributed by atoms with Crippen molar-refractivity contribution in [2.45, 2.75) is 47.0 Å². The van der Waals surface area contributed by atoms with Crippen LogP contribution in [0.15, 0.2) is 36.7 Å². The van der Waals surface area contributed by atoms with Gasteiger partial charge in [-0.05, 0) is 43.9 Å². The lowest BCUT2D eigenvalue weighted by Gasteiger charge is -2.26. The highest BCUT2D eigenvalue weighted by molar-refractivity contribution is 7.16. The highest BCUT2D eigenvalue weighted by atomic mass is 32.1. The van der Waals surface area contributed by atoms with Gasteiger partial charge in [0.05, 0.1) is 24.6 Å². The van der Waals surface area contributed by atoms with Gasteiger partial charge in [-0.1, -0.05) is 26.8 Å². The summed E-state index contributed by atoms with van der Waals surface area (Å²) in [7, 11) is 0. The lowest BCUT2D eigenvalue weighted by Crippen LogP contribution is -2.39. The number of anilines is 4. The van der Waals surface area contributed by atoms with E-state index >= 15 is 0 Å². The van der Waals surface area contributed by atoms with Crippen molar-refractivity contribution in [3.05, 3.63) is 64.1 Å². The number of benzene rings is 1. The van der Waals surface area contributed by atoms with Crippen LogP contribution in [0.4, 0.5) is 22.5 Å². The van der Waals surface area contributed by atoms with E-state index in [4.69, 9.17) is 4.74 Å². The molecule has 11 nitrogen and oxygen atoms in total. The van der Waals surface area contributed by atoms with Gasteiger partial charge in [-0.25, -0.2) is 15.0 Å². The minimum Gasteiger partial charge on any atom is -0.379 e. The summed E-state index contributed by atoms with van der Waals surface area (Å²) in [6.45, 7) is 17.5. The number of nitrogens with zero attached hydrogens (tertiary/aromatic N) is 6. The molecule has 12 heteroatoms. The van der Waals surface area contributed by atoms with Crippen molar-refractivity contribution in [1.29, 1.82) is 0 Å². The first-order chi connectivity index (χ1) is 20.1. The van der Waals surface area contributed by atoms with Gasteiger partial charge in [0, 0.05) is 54.4 Å². The van der Waals surface area contributed by atoms with E-state index in [1.54, 1.807) is 4.68 Å². The van der Waals surface area contributed by atoms with E-state index in [0.717, 1.165) is 78.5 Å². The maximum absolute atomic E-state index is 13.2. The van der Waals surface area contributed by atoms with E-state index in [-0.39, 0.29) is 11.3 Å². The Kier molecular flexibility index (Phi) is 8.85. The number of rotatable bonds is 9. The van der Waals surface area contributed by atoms with Crippen LogP contribution in [0.2, 0.25) is 0 Å². The molecule has 5 rings (SSSR count). The summed E-state index contributed by atoms with van der Waals surface area (Å²) in [6.07, 6.45) is 1.54. The maximum Gasteiger partial charge on any atom is 0.257 e. The first-order valence-electron chi connectivity index (χ1n) is 14.2. The minimum absolute atomic E-state index is 0.0316. The van der Waals surface area contributed by atoms with Crippen molar-refractivity contribution < 1.29 is 9.53 Å². The Morgan fingerprint density at radius 1 is 1.07 bits per heavy atom. The van der Waals surface area contributed by atoms with Crippen LogP contribution in [0.1, 0.15) is 53.0 Å². The van der Waals surface area contributed by atoms with Crippen LogP contribution in [-0.4, -0.2) is 74.9 Å². The summed E-state index contributed by atoms with van der Waals surface area (Å²) < 4.78 is 7.18. The molecule has 222 valence electrons. The summed E-state index contributed by atoms with van der Waals surface area (Å²) >= 11 is 1.52. The Morgan fingerprint density at radius 3 is 2.60 bits per heavy atom. The zero-order valence-corrected chi connectivity index (χ0v) is 25.9. The molecule has 0 aliphatic carbocycles. The third-order valence-corrected chi connectivity index (χ3v) is 8.50. The number of aromatic nitrogens is 5. The number of thiazole rings is 1. The molecule has 42 heavy (non-hydrogen) atoms. The third kappa shape index (κ3) is 7.12. The second-order valence-electron chi connectivity index (χ2n) is 11.5. The van der Waals surface area contributed by atoms with Gasteiger partial charge in [0.15, 0.2) is 10.9 Å². The molecule has 0 radical (unpaired) electrons. The van der Waals surface area contributed by atoms with Crippen LogP contribution in [0, 0.1) is 20.8 Å². The van der Waals surface area contributed by atoms with Gasteiger partial charge in [0.1, 0.15) is 18.0 Å². The average Bonchev–Trinajstić information content (AvgIpc) is 3.52. The molecule has 1 saturated heterocycles. The zero-order valence-electron chi connectivity index (χ0n) is 25.1. The fourth-order valence-electron chi connectivity index (χ4n) is 4.84. The van der Waals surface area contributed by atoms with Gasteiger partial charge in [0.2, 0.25) is 0 Å². The average molecular weight is 590 g/mol. The standard InChI is InChI=1S/C30H39N9O2S/c1-19-7-8-22(28(40)36-29-34-21(3)27(42-29)30(4,5)6)16-23(19)35-26-15-20(2)37-39(26)25-17-24(32-18-33-25)31-9-10-38-11-13-41-14-12-38/h7-8,15-18,35H,9-14H2,1-6H3,(H,31,32,33)(H,34,36,40). The van der Waals surface area contributed by atoms with Crippen molar-refractivity contribution in [3.63, 3.8) is 0 Å². The van der Waals surface area contributed by atoms with Gasteiger partial charge >= 0.3 is 0 Å². The van der Waals surface area contributed by atoms with Gasteiger partial charge in [-0.3, -0.25) is 15.0 Å². The van der Waals surface area contributed by atoms with E-state index in [2.05, 4.69) is 61.7 Å². The van der Waals surface area contributed by atoms with Crippen LogP contribution in [-0.2, 0) is 10.2 Å². The lowest BCUT2D eigenvalue weighted by molar-refractivity contribution is 0.0398. The molecule has 1 aliphatic rings. The van der Waals surface area contributed by atoms with E-state index in [0.29, 0.717) is 16.5 Å². The van der Waals surface area contributed by atoms with Crippen LogP contribution >= 0.6 is 11.3 Å². The quantitative estimate of drug-likeness (QED) is 0.245. The number of aryl methyl sites for hydroxylation is 3. The van der Waals surface area contributed by atoms with Gasteiger partial charge < -0.3 is 15.4 Å². The molecule has 1 aromatic carbocycles. The second-order valence-corrected chi connectivity index (χ2v) is 12.5. The molecular weight excluding hydrogens is 550 g/mol. The topological polar surface area (TPSA) is 122 Å². The number of amides is 1. The SMILES string of the molecule is Cc1cc(Nc2cc(C(=O)Nc3nc(C)c(C(C)(C)C)s3)ccc2C)n(-c2cc(NCCN3CCOCC3)ncn2)n1. The Morgan fingerprint density at radius 2 is 1.86 bits per heavy atom. The molecule has 0 spiro atoms. The molecule has 0 unspecified atom stereocenters. The molecule has 1 aliphatic heterocycles. The normalized spacial score (nSPS) is 14.1. The number of hydrogen-bond acceptors (Lipinski definition) is 10. The highest BCUT2D eigenvalue weighted by Crippen LogP contribution is 2.34. The molecule has 3 N–H and O–H groups in total. The Labute approximate surface area is 250 Å². The van der Waals surface area contributed by atoms with Crippen molar-refractivity contribution >= 4 is 39.7 Å². The molecule has 3 aromatic heterocycles. The van der Waals surface area contributed by atoms with Crippen molar-refractivity contribution in [2.24, 2.45) is 0 Å². The van der Waals surface area contributed by atoms with E-state index in [9.17, 15) is 4.79 Å². The molecular formula is C30H39N9O2S. The smallest absolute Gasteiger partial charge is 0.257 e. The number of carbonyl (C=O) groups is 1. The van der Waals surface area contributed by atoms with E-state index in [1.807, 2.05) is 51.1 Å². The highest BCUT2D eigenvalue weighted by Gasteiger charge is 2.22. The van der Waals surface area contributed by atoms with Gasteiger partial charge in [-0.2, -0.15) is 9.78 Å². The molecule has 1 amide bonds. The van der Waals surface area contributed by atoms with Crippen molar-refractivity contribution in [1.82, 2.24) is 29.6 Å². The number of nitrogens with one attached hydrogen (secondary N) is 3. The summed E-state index contributed by atoms with van der Waals surface area (Å²) in [5.41, 5.74) is 4.06. The lowest BCUT2D eigenvalue weighted by atomic mass is 9.94. The Hall–Kier alpha value is -3.87. The molecule has 1 fully saturated rings. The summed E-state index contributed by atoms with van der Waals surface area (Å²) in [5, 5.41) is 15.1. The molecule has 4 aromatic rings. The van der Waals surface area contributed by atoms with Crippen LogP contribution < -0.4 is 16.0 Å². The van der Waals surface area contributed by atoms with Gasteiger partial charge in [-0.15, -0.1) is 11.3 Å². The largest absolute Gasteiger partial charge is 0.379 e. The van der Waals surface area contributed by atoms with Gasteiger partial charge in [0.25, 0.3) is 5.91 Å². The fraction of sp³-hybridized carbons (Fsp3) is 0.433. The van der Waals surface area contributed by atoms with Crippen LogP contribution in [0.3, 0.4) is 0 Å². The summed E-state index contributed by atoms with van der Waals surface area (Å²) in [4.78, 5) is 30.2. The maximum atomic E-state index is 13.2. The number of hydrogen-bond donors (Lipinski definition) is 3. The van der Waals surface area contributed by atoms with E-state index < -0.39 is 0 Å². The first kappa shape index (κ1) is 29.6. The van der Waals surface area contributed by atoms with Crippen molar-refractivity contribution in [2.75, 3.05) is 55.3 Å². The molecule has 0 bridgehead atoms. The fourth-order valence-corrected chi connectivity index (χ4v) is 5.86. The number of carbonyl (C=O) groups excluding carboxylic acids is 1. The Bertz CT molecular complexity index is 1550.